The number of ether oxygens (including phenoxy) is 3. The summed E-state index contributed by atoms with van der Waals surface area (Å²) < 4.78 is 18.6. The van der Waals surface area contributed by atoms with E-state index in [2.05, 4.69) is 20.7 Å². The van der Waals surface area contributed by atoms with Gasteiger partial charge in [0.2, 0.25) is 0 Å². The van der Waals surface area contributed by atoms with Crippen LogP contribution in [0.3, 0.4) is 0 Å². The monoisotopic (exact) mass is 593 g/mol. The van der Waals surface area contributed by atoms with Crippen LogP contribution in [0.2, 0.25) is 0 Å². The van der Waals surface area contributed by atoms with Crippen molar-refractivity contribution in [2.45, 2.75) is 18.7 Å². The van der Waals surface area contributed by atoms with Crippen molar-refractivity contribution in [3.8, 4) is 34.3 Å². The first-order valence-electron chi connectivity index (χ1n) is 13.5. The van der Waals surface area contributed by atoms with Crippen LogP contribution in [0, 0.1) is 6.92 Å². The van der Waals surface area contributed by atoms with Crippen LogP contribution in [0.5, 0.6) is 17.2 Å². The van der Waals surface area contributed by atoms with Crippen LogP contribution in [0.1, 0.15) is 16.7 Å². The molecule has 0 fully saturated rings. The molecule has 0 saturated heterocycles. The summed E-state index contributed by atoms with van der Waals surface area (Å²) in [7, 11) is 3.22. The number of rotatable bonds is 12. The van der Waals surface area contributed by atoms with E-state index in [0.717, 1.165) is 33.7 Å². The van der Waals surface area contributed by atoms with E-state index < -0.39 is 0 Å². The Balaban J connectivity index is 1.25. The molecule has 4 aromatic carbocycles. The number of carbonyl (C=O) groups is 1. The maximum Gasteiger partial charge on any atom is 0.250 e. The van der Waals surface area contributed by atoms with Crippen LogP contribution in [-0.4, -0.2) is 46.9 Å². The van der Waals surface area contributed by atoms with Gasteiger partial charge in [-0.25, -0.2) is 5.43 Å². The summed E-state index contributed by atoms with van der Waals surface area (Å²) in [5.74, 6) is 2.43. The molecule has 5 aromatic rings. The maximum absolute atomic E-state index is 12.7. The second-order valence-corrected chi connectivity index (χ2v) is 10.4. The molecule has 1 heterocycles. The van der Waals surface area contributed by atoms with Crippen LogP contribution < -0.4 is 19.6 Å². The van der Waals surface area contributed by atoms with E-state index in [1.54, 1.807) is 26.5 Å². The van der Waals surface area contributed by atoms with Gasteiger partial charge in [-0.3, -0.25) is 9.36 Å². The van der Waals surface area contributed by atoms with Crippen molar-refractivity contribution in [2.24, 2.45) is 5.10 Å². The van der Waals surface area contributed by atoms with Gasteiger partial charge in [0.25, 0.3) is 5.91 Å². The molecule has 9 nitrogen and oxygen atoms in total. The predicted molar refractivity (Wildman–Crippen MR) is 168 cm³/mol. The molecule has 0 saturated carbocycles. The summed E-state index contributed by atoms with van der Waals surface area (Å²) in [4.78, 5) is 12.7. The van der Waals surface area contributed by atoms with Gasteiger partial charge in [-0.2, -0.15) is 5.10 Å². The molecule has 43 heavy (non-hydrogen) atoms. The van der Waals surface area contributed by atoms with Crippen molar-refractivity contribution in [2.75, 3.05) is 20.0 Å². The van der Waals surface area contributed by atoms with Gasteiger partial charge in [-0.15, -0.1) is 10.2 Å². The Labute approximate surface area is 254 Å². The Morgan fingerprint density at radius 1 is 0.907 bits per heavy atom. The number of methoxy groups -OCH3 is 2. The van der Waals surface area contributed by atoms with Crippen molar-refractivity contribution in [1.29, 1.82) is 0 Å². The zero-order valence-corrected chi connectivity index (χ0v) is 24.9. The first-order chi connectivity index (χ1) is 21.0. The van der Waals surface area contributed by atoms with E-state index in [4.69, 9.17) is 14.2 Å². The Hall–Kier alpha value is -5.09. The molecule has 1 aromatic heterocycles. The fraction of sp³-hybridized carbons (Fsp3) is 0.152. The lowest BCUT2D eigenvalue weighted by molar-refractivity contribution is -0.118. The molecule has 0 bridgehead atoms. The number of aryl methyl sites for hydroxylation is 1. The van der Waals surface area contributed by atoms with E-state index in [0.29, 0.717) is 29.1 Å². The maximum atomic E-state index is 12.7. The molecule has 0 atom stereocenters. The summed E-state index contributed by atoms with van der Waals surface area (Å²) in [6, 6.07) is 31.0. The molecule has 5 rings (SSSR count). The topological polar surface area (TPSA) is 99.9 Å². The standard InChI is InChI=1S/C33H31N5O4S/c1-23-9-14-27(15-10-23)38-32(26-12-16-28(40-2)17-13-26)36-37-33(38)43-22-31(39)35-34-20-25-11-18-29(41-3)30(19-25)42-21-24-7-5-4-6-8-24/h4-20H,21-22H2,1-3H3,(H,35,39). The first kappa shape index (κ1) is 29.4. The van der Waals surface area contributed by atoms with Crippen LogP contribution in [0.4, 0.5) is 0 Å². The molecule has 0 aliphatic carbocycles. The van der Waals surface area contributed by atoms with Crippen molar-refractivity contribution in [1.82, 2.24) is 20.2 Å². The number of benzene rings is 4. The lowest BCUT2D eigenvalue weighted by atomic mass is 10.2. The minimum absolute atomic E-state index is 0.0952. The first-order valence-corrected chi connectivity index (χ1v) is 14.5. The lowest BCUT2D eigenvalue weighted by Crippen LogP contribution is -2.20. The number of amides is 1. The molecular weight excluding hydrogens is 562 g/mol. The Morgan fingerprint density at radius 2 is 1.67 bits per heavy atom. The quantitative estimate of drug-likeness (QED) is 0.106. The molecule has 0 radical (unpaired) electrons. The fourth-order valence-corrected chi connectivity index (χ4v) is 4.92. The van der Waals surface area contributed by atoms with Gasteiger partial charge in [0.05, 0.1) is 26.2 Å². The van der Waals surface area contributed by atoms with Gasteiger partial charge in [0.1, 0.15) is 12.4 Å². The second kappa shape index (κ2) is 14.2. The molecule has 0 spiro atoms. The molecule has 0 unspecified atom stereocenters. The van der Waals surface area contributed by atoms with Crippen LogP contribution in [0.15, 0.2) is 107 Å². The minimum atomic E-state index is -0.278. The molecule has 1 N–H and O–H groups in total. The smallest absolute Gasteiger partial charge is 0.250 e. The van der Waals surface area contributed by atoms with Crippen molar-refractivity contribution < 1.29 is 19.0 Å². The number of hydrazone groups is 1. The van der Waals surface area contributed by atoms with Crippen LogP contribution in [0.25, 0.3) is 17.1 Å². The van der Waals surface area contributed by atoms with Crippen LogP contribution >= 0.6 is 11.8 Å². The second-order valence-electron chi connectivity index (χ2n) is 9.47. The number of nitrogens with zero attached hydrogens (tertiary/aromatic N) is 4. The summed E-state index contributed by atoms with van der Waals surface area (Å²) in [5.41, 5.74) is 7.30. The predicted octanol–water partition coefficient (Wildman–Crippen LogP) is 6.08. The molecular formula is C33H31N5O4S. The zero-order chi connectivity index (χ0) is 30.0. The highest BCUT2D eigenvalue weighted by atomic mass is 32.2. The molecule has 0 aliphatic heterocycles. The number of hydrogen-bond acceptors (Lipinski definition) is 8. The average Bonchev–Trinajstić information content (AvgIpc) is 3.47. The van der Waals surface area contributed by atoms with E-state index >= 15 is 0 Å². The Kier molecular flexibility index (Phi) is 9.71. The fourth-order valence-electron chi connectivity index (χ4n) is 4.18. The third-order valence-corrected chi connectivity index (χ3v) is 7.36. The van der Waals surface area contributed by atoms with Gasteiger partial charge in [-0.05, 0) is 72.6 Å². The number of hydrogen-bond donors (Lipinski definition) is 1. The minimum Gasteiger partial charge on any atom is -0.497 e. The van der Waals surface area contributed by atoms with Crippen molar-refractivity contribution in [3.63, 3.8) is 0 Å². The highest BCUT2D eigenvalue weighted by Crippen LogP contribution is 2.30. The molecule has 1 amide bonds. The highest BCUT2D eigenvalue weighted by molar-refractivity contribution is 7.99. The van der Waals surface area contributed by atoms with Gasteiger partial charge in [-0.1, -0.05) is 59.8 Å². The van der Waals surface area contributed by atoms with Crippen LogP contribution in [-0.2, 0) is 11.4 Å². The zero-order valence-electron chi connectivity index (χ0n) is 24.1. The van der Waals surface area contributed by atoms with Crippen molar-refractivity contribution in [3.05, 3.63) is 114 Å². The van der Waals surface area contributed by atoms with Gasteiger partial charge in [0.15, 0.2) is 22.5 Å². The Morgan fingerprint density at radius 3 is 2.40 bits per heavy atom. The normalized spacial score (nSPS) is 11.0. The molecule has 0 aliphatic rings. The van der Waals surface area contributed by atoms with E-state index in [1.165, 1.54) is 11.8 Å². The van der Waals surface area contributed by atoms with E-state index in [-0.39, 0.29) is 11.7 Å². The van der Waals surface area contributed by atoms with E-state index in [9.17, 15) is 4.79 Å². The van der Waals surface area contributed by atoms with Gasteiger partial charge in [0, 0.05) is 11.3 Å². The third kappa shape index (κ3) is 7.60. The van der Waals surface area contributed by atoms with Gasteiger partial charge >= 0.3 is 0 Å². The number of aromatic nitrogens is 3. The SMILES string of the molecule is COc1ccc(-c2nnc(SCC(=O)NN=Cc3ccc(OC)c(OCc4ccccc4)c3)n2-c2ccc(C)cc2)cc1. The van der Waals surface area contributed by atoms with Crippen molar-refractivity contribution >= 4 is 23.9 Å². The highest BCUT2D eigenvalue weighted by Gasteiger charge is 2.17. The summed E-state index contributed by atoms with van der Waals surface area (Å²) >= 11 is 1.28. The molecule has 10 heteroatoms. The van der Waals surface area contributed by atoms with E-state index in [1.807, 2.05) is 102 Å². The van der Waals surface area contributed by atoms with Gasteiger partial charge < -0.3 is 14.2 Å². The summed E-state index contributed by atoms with van der Waals surface area (Å²) in [5, 5.41) is 13.6. The number of carbonyl (C=O) groups excluding carboxylic acids is 1. The molecule has 218 valence electrons. The Bertz CT molecular complexity index is 1690. The number of nitrogens with one attached hydrogen (secondary N) is 1. The summed E-state index contributed by atoms with van der Waals surface area (Å²) in [6.07, 6.45) is 1.56. The third-order valence-electron chi connectivity index (χ3n) is 6.43. The largest absolute Gasteiger partial charge is 0.497 e. The number of thioether (sulfide) groups is 1. The average molecular weight is 594 g/mol. The lowest BCUT2D eigenvalue weighted by Gasteiger charge is -2.11. The summed E-state index contributed by atoms with van der Waals surface area (Å²) in [6.45, 7) is 2.44.